The third-order valence-corrected chi connectivity index (χ3v) is 3.05. The molecule has 2 N–H and O–H groups in total. The summed E-state index contributed by atoms with van der Waals surface area (Å²) >= 11 is 0. The molecule has 0 spiro atoms. The van der Waals surface area contributed by atoms with Gasteiger partial charge in [-0.25, -0.2) is 0 Å². The molecule has 1 aromatic carbocycles. The zero-order valence-electron chi connectivity index (χ0n) is 11.3. The molecule has 0 radical (unpaired) electrons. The van der Waals surface area contributed by atoms with Crippen molar-refractivity contribution in [2.75, 3.05) is 13.7 Å². The molecule has 0 aliphatic heterocycles. The first kappa shape index (κ1) is 14.1. The van der Waals surface area contributed by atoms with Gasteiger partial charge >= 0.3 is 5.69 Å². The molecule has 2 aromatic rings. The maximum absolute atomic E-state index is 11.0. The van der Waals surface area contributed by atoms with Crippen LogP contribution in [0, 0.1) is 10.1 Å². The summed E-state index contributed by atoms with van der Waals surface area (Å²) in [6, 6.07) is 7.00. The van der Waals surface area contributed by atoms with Gasteiger partial charge in [-0.15, -0.1) is 0 Å². The Labute approximate surface area is 116 Å². The van der Waals surface area contributed by atoms with E-state index in [1.807, 2.05) is 29.1 Å². The molecule has 0 fully saturated rings. The van der Waals surface area contributed by atoms with Gasteiger partial charge in [0.15, 0.2) is 5.75 Å². The molecule has 6 nitrogen and oxygen atoms in total. The topological polar surface area (TPSA) is 83.3 Å². The molecule has 0 saturated carbocycles. The van der Waals surface area contributed by atoms with E-state index in [4.69, 9.17) is 10.5 Å². The minimum Gasteiger partial charge on any atom is -0.490 e. The van der Waals surface area contributed by atoms with Crippen LogP contribution in [0.15, 0.2) is 36.7 Å². The van der Waals surface area contributed by atoms with E-state index in [1.54, 1.807) is 12.1 Å². The Morgan fingerprint density at radius 1 is 1.35 bits per heavy atom. The van der Waals surface area contributed by atoms with E-state index in [0.29, 0.717) is 13.1 Å². The van der Waals surface area contributed by atoms with Crippen LogP contribution in [0.2, 0.25) is 0 Å². The Bertz CT molecular complexity index is 607. The summed E-state index contributed by atoms with van der Waals surface area (Å²) in [4.78, 5) is 10.5. The molecule has 0 aliphatic carbocycles. The lowest BCUT2D eigenvalue weighted by Crippen LogP contribution is -2.02. The van der Waals surface area contributed by atoms with Gasteiger partial charge in [0.25, 0.3) is 0 Å². The fourth-order valence-electron chi connectivity index (χ4n) is 2.09. The highest BCUT2D eigenvalue weighted by atomic mass is 16.6. The van der Waals surface area contributed by atoms with Gasteiger partial charge in [-0.3, -0.25) is 10.1 Å². The van der Waals surface area contributed by atoms with Crippen molar-refractivity contribution in [2.45, 2.75) is 13.0 Å². The van der Waals surface area contributed by atoms with Gasteiger partial charge in [0, 0.05) is 25.0 Å². The van der Waals surface area contributed by atoms with E-state index in [2.05, 4.69) is 0 Å². The Morgan fingerprint density at radius 2 is 2.15 bits per heavy atom. The molecule has 20 heavy (non-hydrogen) atoms. The number of benzene rings is 1. The van der Waals surface area contributed by atoms with Gasteiger partial charge in [-0.1, -0.05) is 6.07 Å². The van der Waals surface area contributed by atoms with Crippen molar-refractivity contribution in [2.24, 2.45) is 5.73 Å². The normalized spacial score (nSPS) is 10.5. The quantitative estimate of drug-likeness (QED) is 0.645. The number of ether oxygens (including phenoxy) is 1. The lowest BCUT2D eigenvalue weighted by Gasteiger charge is -2.06. The number of methoxy groups -OCH3 is 1. The molecular formula is C14H17N3O3. The highest BCUT2D eigenvalue weighted by molar-refractivity contribution is 5.48. The Kier molecular flexibility index (Phi) is 4.37. The monoisotopic (exact) mass is 275 g/mol. The van der Waals surface area contributed by atoms with Crippen LogP contribution in [0.4, 0.5) is 5.69 Å². The summed E-state index contributed by atoms with van der Waals surface area (Å²) in [5.41, 5.74) is 7.51. The minimum absolute atomic E-state index is 0.0145. The second-order valence-electron chi connectivity index (χ2n) is 4.49. The number of hydrogen-bond donors (Lipinski definition) is 1. The van der Waals surface area contributed by atoms with Crippen LogP contribution in [0.3, 0.4) is 0 Å². The molecule has 0 aliphatic rings. The van der Waals surface area contributed by atoms with Crippen LogP contribution < -0.4 is 10.5 Å². The van der Waals surface area contributed by atoms with E-state index in [-0.39, 0.29) is 11.4 Å². The van der Waals surface area contributed by atoms with Crippen LogP contribution >= 0.6 is 0 Å². The number of nitrogens with two attached hydrogens (primary N) is 1. The molecule has 0 unspecified atom stereocenters. The molecule has 0 saturated heterocycles. The standard InChI is InChI=1S/C14H17N3O3/c1-20-14-3-2-12(8-13(14)17(18)19)10-16-7-5-11(9-16)4-6-15/h2-3,5,7-9H,4,6,10,15H2,1H3. The van der Waals surface area contributed by atoms with E-state index in [0.717, 1.165) is 17.5 Å². The number of hydrogen-bond acceptors (Lipinski definition) is 4. The number of rotatable bonds is 6. The van der Waals surface area contributed by atoms with Gasteiger partial charge in [0.05, 0.1) is 12.0 Å². The van der Waals surface area contributed by atoms with Crippen molar-refractivity contribution in [3.05, 3.63) is 57.9 Å². The molecule has 0 atom stereocenters. The number of nitro groups is 1. The number of aromatic nitrogens is 1. The maximum atomic E-state index is 11.0. The highest BCUT2D eigenvalue weighted by Crippen LogP contribution is 2.27. The van der Waals surface area contributed by atoms with E-state index in [9.17, 15) is 10.1 Å². The zero-order valence-corrected chi connectivity index (χ0v) is 11.3. The first-order valence-electron chi connectivity index (χ1n) is 6.30. The highest BCUT2D eigenvalue weighted by Gasteiger charge is 2.15. The van der Waals surface area contributed by atoms with Crippen LogP contribution in [-0.2, 0) is 13.0 Å². The Morgan fingerprint density at radius 3 is 2.80 bits per heavy atom. The summed E-state index contributed by atoms with van der Waals surface area (Å²) in [5.74, 6) is 0.273. The molecule has 2 rings (SSSR count). The summed E-state index contributed by atoms with van der Waals surface area (Å²) in [7, 11) is 1.42. The van der Waals surface area contributed by atoms with Crippen molar-refractivity contribution in [3.8, 4) is 5.75 Å². The van der Waals surface area contributed by atoms with Gasteiger partial charge < -0.3 is 15.0 Å². The average molecular weight is 275 g/mol. The van der Waals surface area contributed by atoms with Crippen LogP contribution in [-0.4, -0.2) is 23.1 Å². The van der Waals surface area contributed by atoms with Crippen LogP contribution in [0.25, 0.3) is 0 Å². The number of nitro benzene ring substituents is 1. The van der Waals surface area contributed by atoms with Crippen molar-refractivity contribution in [1.82, 2.24) is 4.57 Å². The molecule has 1 heterocycles. The van der Waals surface area contributed by atoms with Crippen molar-refractivity contribution < 1.29 is 9.66 Å². The van der Waals surface area contributed by atoms with E-state index < -0.39 is 4.92 Å². The van der Waals surface area contributed by atoms with Gasteiger partial charge in [0.2, 0.25) is 0 Å². The van der Waals surface area contributed by atoms with Gasteiger partial charge in [-0.05, 0) is 36.2 Å². The summed E-state index contributed by atoms with van der Waals surface area (Å²) in [6.07, 6.45) is 4.78. The SMILES string of the molecule is COc1ccc(Cn2ccc(CCN)c2)cc1[N+](=O)[O-]. The first-order chi connectivity index (χ1) is 9.63. The van der Waals surface area contributed by atoms with Crippen molar-refractivity contribution >= 4 is 5.69 Å². The fraction of sp³-hybridized carbons (Fsp3) is 0.286. The fourth-order valence-corrected chi connectivity index (χ4v) is 2.09. The van der Waals surface area contributed by atoms with E-state index in [1.165, 1.54) is 7.11 Å². The molecular weight excluding hydrogens is 258 g/mol. The van der Waals surface area contributed by atoms with Crippen LogP contribution in [0.5, 0.6) is 5.75 Å². The Balaban J connectivity index is 2.20. The molecule has 6 heteroatoms. The van der Waals surface area contributed by atoms with Gasteiger partial charge in [-0.2, -0.15) is 0 Å². The zero-order chi connectivity index (χ0) is 14.5. The summed E-state index contributed by atoms with van der Waals surface area (Å²) in [6.45, 7) is 1.19. The third kappa shape index (κ3) is 3.16. The number of nitrogens with zero attached hydrogens (tertiary/aromatic N) is 2. The predicted octanol–water partition coefficient (Wildman–Crippen LogP) is 1.95. The lowest BCUT2D eigenvalue weighted by atomic mass is 10.2. The predicted molar refractivity (Wildman–Crippen MR) is 75.9 cm³/mol. The third-order valence-electron chi connectivity index (χ3n) is 3.05. The van der Waals surface area contributed by atoms with Crippen molar-refractivity contribution in [3.63, 3.8) is 0 Å². The molecule has 0 bridgehead atoms. The molecule has 1 aromatic heterocycles. The lowest BCUT2D eigenvalue weighted by molar-refractivity contribution is -0.385. The summed E-state index contributed by atoms with van der Waals surface area (Å²) < 4.78 is 6.97. The molecule has 106 valence electrons. The van der Waals surface area contributed by atoms with Crippen molar-refractivity contribution in [1.29, 1.82) is 0 Å². The molecule has 0 amide bonds. The Hall–Kier alpha value is -2.34. The smallest absolute Gasteiger partial charge is 0.311 e. The average Bonchev–Trinajstić information content (AvgIpc) is 2.86. The first-order valence-corrected chi connectivity index (χ1v) is 6.30. The van der Waals surface area contributed by atoms with E-state index >= 15 is 0 Å². The maximum Gasteiger partial charge on any atom is 0.311 e. The second kappa shape index (κ2) is 6.21. The van der Waals surface area contributed by atoms with Crippen LogP contribution in [0.1, 0.15) is 11.1 Å². The largest absolute Gasteiger partial charge is 0.490 e. The summed E-state index contributed by atoms with van der Waals surface area (Å²) in [5, 5.41) is 11.0. The minimum atomic E-state index is -0.433. The van der Waals surface area contributed by atoms with Gasteiger partial charge in [0.1, 0.15) is 0 Å². The second-order valence-corrected chi connectivity index (χ2v) is 4.49.